The molecule has 0 aromatic carbocycles. The van der Waals surface area contributed by atoms with E-state index in [2.05, 4.69) is 51.5 Å². The van der Waals surface area contributed by atoms with Gasteiger partial charge in [0.05, 0.1) is 10.7 Å². The van der Waals surface area contributed by atoms with Crippen LogP contribution < -0.4 is 10.6 Å². The molecule has 2 N–H and O–H groups in total. The van der Waals surface area contributed by atoms with Crippen molar-refractivity contribution in [1.29, 1.82) is 0 Å². The Kier molecular flexibility index (Phi) is 9.95. The Morgan fingerprint density at radius 2 is 2.03 bits per heavy atom. The van der Waals surface area contributed by atoms with Crippen molar-refractivity contribution in [2.24, 2.45) is 12.0 Å². The van der Waals surface area contributed by atoms with Gasteiger partial charge >= 0.3 is 0 Å². The monoisotopic (exact) mass is 546 g/mol. The molecule has 10 heteroatoms. The Morgan fingerprint density at radius 3 is 2.67 bits per heavy atom. The van der Waals surface area contributed by atoms with Crippen molar-refractivity contribution in [2.45, 2.75) is 59.5 Å². The number of nitrogens with one attached hydrogen (secondary N) is 2. The van der Waals surface area contributed by atoms with Gasteiger partial charge in [-0.25, -0.2) is 9.98 Å². The molecule has 0 amide bonds. The minimum Gasteiger partial charge on any atom is -0.356 e. The molecule has 0 aliphatic carbocycles. The van der Waals surface area contributed by atoms with E-state index in [-0.39, 0.29) is 24.0 Å². The van der Waals surface area contributed by atoms with Crippen LogP contribution in [0.3, 0.4) is 0 Å². The second kappa shape index (κ2) is 11.9. The first-order valence-electron chi connectivity index (χ1n) is 10.5. The highest BCUT2D eigenvalue weighted by molar-refractivity contribution is 14.0. The van der Waals surface area contributed by atoms with E-state index in [4.69, 9.17) is 4.99 Å². The van der Waals surface area contributed by atoms with Gasteiger partial charge in [-0.05, 0) is 46.7 Å². The van der Waals surface area contributed by atoms with E-state index in [0.717, 1.165) is 49.4 Å². The molecule has 3 heterocycles. The van der Waals surface area contributed by atoms with Crippen molar-refractivity contribution in [3.8, 4) is 0 Å². The van der Waals surface area contributed by atoms with Crippen LogP contribution in [0.1, 0.15) is 47.0 Å². The van der Waals surface area contributed by atoms with Crippen molar-refractivity contribution < 1.29 is 0 Å². The number of hydrogen-bond donors (Lipinski definition) is 2. The quantitative estimate of drug-likeness (QED) is 0.301. The molecule has 1 fully saturated rings. The maximum atomic E-state index is 4.77. The lowest BCUT2D eigenvalue weighted by atomic mass is 10.2. The van der Waals surface area contributed by atoms with Crippen molar-refractivity contribution in [2.75, 3.05) is 26.2 Å². The number of halogens is 1. The smallest absolute Gasteiger partial charge is 0.191 e. The lowest BCUT2D eigenvalue weighted by Gasteiger charge is -2.24. The van der Waals surface area contributed by atoms with Crippen LogP contribution in [0.4, 0.5) is 0 Å². The third-order valence-corrected chi connectivity index (χ3v) is 6.81. The Bertz CT molecular complexity index is 811. The lowest BCUT2D eigenvalue weighted by Crippen LogP contribution is -2.45. The fourth-order valence-corrected chi connectivity index (χ4v) is 4.54. The van der Waals surface area contributed by atoms with E-state index in [1.807, 2.05) is 18.5 Å². The van der Waals surface area contributed by atoms with E-state index in [0.29, 0.717) is 12.6 Å². The molecule has 0 radical (unpaired) electrons. The molecule has 0 spiro atoms. The van der Waals surface area contributed by atoms with Gasteiger partial charge in [0.15, 0.2) is 11.8 Å². The predicted molar refractivity (Wildman–Crippen MR) is 134 cm³/mol. The van der Waals surface area contributed by atoms with Crippen molar-refractivity contribution in [3.63, 3.8) is 0 Å². The summed E-state index contributed by atoms with van der Waals surface area (Å²) in [5.74, 6) is 2.60. The number of hydrogen-bond acceptors (Lipinski definition) is 6. The molecule has 1 atom stereocenters. The van der Waals surface area contributed by atoms with Gasteiger partial charge in [-0.2, -0.15) is 0 Å². The number of aliphatic imine (C=N–C) groups is 1. The Labute approximate surface area is 201 Å². The average Bonchev–Trinajstić information content (AvgIpc) is 3.38. The molecule has 1 aliphatic heterocycles. The van der Waals surface area contributed by atoms with E-state index in [9.17, 15) is 0 Å². The van der Waals surface area contributed by atoms with Crippen molar-refractivity contribution >= 4 is 41.3 Å². The molecule has 1 unspecified atom stereocenters. The summed E-state index contributed by atoms with van der Waals surface area (Å²) < 4.78 is 1.98. The van der Waals surface area contributed by atoms with Gasteiger partial charge in [-0.15, -0.1) is 45.5 Å². The second-order valence-corrected chi connectivity index (χ2v) is 8.91. The number of guanidine groups is 1. The van der Waals surface area contributed by atoms with Gasteiger partial charge in [0.1, 0.15) is 12.4 Å². The van der Waals surface area contributed by atoms with Gasteiger partial charge in [0, 0.05) is 37.5 Å². The van der Waals surface area contributed by atoms with E-state index < -0.39 is 0 Å². The van der Waals surface area contributed by atoms with Gasteiger partial charge in [0.25, 0.3) is 0 Å². The maximum absolute atomic E-state index is 4.77. The fourth-order valence-electron chi connectivity index (χ4n) is 3.60. The van der Waals surface area contributed by atoms with E-state index >= 15 is 0 Å². The molecule has 1 saturated heterocycles. The Balaban J connectivity index is 0.00000320. The van der Waals surface area contributed by atoms with Crippen LogP contribution in [0.2, 0.25) is 0 Å². The number of likely N-dealkylation sites (N-methyl/N-ethyl adjacent to an activating group) is 1. The van der Waals surface area contributed by atoms with Gasteiger partial charge in [-0.1, -0.05) is 6.92 Å². The summed E-state index contributed by atoms with van der Waals surface area (Å²) in [4.78, 5) is 13.2. The second-order valence-electron chi connectivity index (χ2n) is 7.62. The standard InChI is InChI=1S/C20H34N8S.HI/c1-6-28-11-7-8-17(28)12-22-20(23-13-18-26-25-16(4)27(18)5)21-10-9-19-24-14(2)15(3)29-19;/h17H,6-13H2,1-5H3,(H2,21,22,23);1H. The molecule has 2 aromatic rings. The maximum Gasteiger partial charge on any atom is 0.191 e. The first-order valence-corrected chi connectivity index (χ1v) is 11.3. The molecule has 1 aliphatic rings. The van der Waals surface area contributed by atoms with Crippen LogP contribution in [-0.2, 0) is 20.0 Å². The highest BCUT2D eigenvalue weighted by atomic mass is 127. The Morgan fingerprint density at radius 1 is 1.23 bits per heavy atom. The summed E-state index contributed by atoms with van der Waals surface area (Å²) in [6.07, 6.45) is 3.42. The highest BCUT2D eigenvalue weighted by Gasteiger charge is 2.22. The number of aromatic nitrogens is 4. The normalized spacial score (nSPS) is 17.2. The van der Waals surface area contributed by atoms with Crippen molar-refractivity contribution in [1.82, 2.24) is 35.3 Å². The summed E-state index contributed by atoms with van der Waals surface area (Å²) in [6.45, 7) is 12.9. The summed E-state index contributed by atoms with van der Waals surface area (Å²) in [7, 11) is 1.98. The molecule has 30 heavy (non-hydrogen) atoms. The van der Waals surface area contributed by atoms with Crippen LogP contribution in [0.25, 0.3) is 0 Å². The van der Waals surface area contributed by atoms with Gasteiger partial charge in [0.2, 0.25) is 0 Å². The molecule has 3 rings (SSSR count). The lowest BCUT2D eigenvalue weighted by molar-refractivity contribution is 0.267. The summed E-state index contributed by atoms with van der Waals surface area (Å²) in [5.41, 5.74) is 1.13. The predicted octanol–water partition coefficient (Wildman–Crippen LogP) is 2.58. The number of likely N-dealkylation sites (tertiary alicyclic amines) is 1. The molecular weight excluding hydrogens is 511 g/mol. The summed E-state index contributed by atoms with van der Waals surface area (Å²) in [6, 6.07) is 0.577. The van der Waals surface area contributed by atoms with E-state index in [1.165, 1.54) is 29.3 Å². The summed E-state index contributed by atoms with van der Waals surface area (Å²) >= 11 is 1.78. The van der Waals surface area contributed by atoms with Crippen LogP contribution in [0.15, 0.2) is 4.99 Å². The zero-order chi connectivity index (χ0) is 20.8. The van der Waals surface area contributed by atoms with Gasteiger partial charge < -0.3 is 15.2 Å². The number of thiazole rings is 1. The molecule has 0 bridgehead atoms. The van der Waals surface area contributed by atoms with E-state index in [1.54, 1.807) is 11.3 Å². The minimum atomic E-state index is 0. The zero-order valence-electron chi connectivity index (χ0n) is 18.7. The largest absolute Gasteiger partial charge is 0.356 e. The van der Waals surface area contributed by atoms with Crippen LogP contribution in [0, 0.1) is 20.8 Å². The third kappa shape index (κ3) is 6.61. The fraction of sp³-hybridized carbons (Fsp3) is 0.700. The average molecular weight is 547 g/mol. The van der Waals surface area contributed by atoms with Gasteiger partial charge in [-0.3, -0.25) is 4.90 Å². The first kappa shape index (κ1) is 25.0. The number of nitrogens with zero attached hydrogens (tertiary/aromatic N) is 6. The minimum absolute atomic E-state index is 0. The molecule has 8 nitrogen and oxygen atoms in total. The van der Waals surface area contributed by atoms with Crippen LogP contribution in [-0.4, -0.2) is 62.8 Å². The molecule has 168 valence electrons. The highest BCUT2D eigenvalue weighted by Crippen LogP contribution is 2.17. The first-order chi connectivity index (χ1) is 14.0. The summed E-state index contributed by atoms with van der Waals surface area (Å²) in [5, 5.41) is 16.5. The zero-order valence-corrected chi connectivity index (χ0v) is 21.9. The Hall–Kier alpha value is -1.27. The molecule has 2 aromatic heterocycles. The van der Waals surface area contributed by atoms with Crippen LogP contribution >= 0.6 is 35.3 Å². The third-order valence-electron chi connectivity index (χ3n) is 5.68. The number of aryl methyl sites for hydroxylation is 3. The SMILES string of the molecule is CCN1CCCC1CNC(=NCc1nnc(C)n1C)NCCc1nc(C)c(C)s1.I. The number of rotatable bonds is 8. The molecule has 0 saturated carbocycles. The molecular formula is C20H35IN8S. The topological polar surface area (TPSA) is 83.3 Å². The van der Waals surface area contributed by atoms with Crippen molar-refractivity contribution in [3.05, 3.63) is 27.2 Å². The van der Waals surface area contributed by atoms with Crippen LogP contribution in [0.5, 0.6) is 0 Å².